The zero-order valence-electron chi connectivity index (χ0n) is 16.1. The summed E-state index contributed by atoms with van der Waals surface area (Å²) in [5.41, 5.74) is 1.81. The molecule has 2 aromatic rings. The van der Waals surface area contributed by atoms with Crippen molar-refractivity contribution in [3.05, 3.63) is 53.3 Å². The predicted molar refractivity (Wildman–Crippen MR) is 105 cm³/mol. The van der Waals surface area contributed by atoms with Crippen LogP contribution in [0.4, 0.5) is 0 Å². The van der Waals surface area contributed by atoms with Crippen molar-refractivity contribution in [1.82, 2.24) is 14.7 Å². The van der Waals surface area contributed by atoms with Crippen molar-refractivity contribution >= 4 is 11.9 Å². The predicted octanol–water partition coefficient (Wildman–Crippen LogP) is 3.79. The van der Waals surface area contributed by atoms with E-state index in [-0.39, 0.29) is 5.91 Å². The Morgan fingerprint density at radius 3 is 2.46 bits per heavy atom. The molecule has 0 radical (unpaired) electrons. The second-order valence-corrected chi connectivity index (χ2v) is 8.02. The largest absolute Gasteiger partial charge is 0.478 e. The Morgan fingerprint density at radius 2 is 1.75 bits per heavy atom. The molecule has 1 saturated heterocycles. The van der Waals surface area contributed by atoms with Gasteiger partial charge in [0.15, 0.2) is 0 Å². The average molecular weight is 381 g/mol. The summed E-state index contributed by atoms with van der Waals surface area (Å²) >= 11 is 0. The summed E-state index contributed by atoms with van der Waals surface area (Å²) in [5.74, 6) is -0.456. The fourth-order valence-electron chi connectivity index (χ4n) is 4.54. The van der Waals surface area contributed by atoms with Crippen LogP contribution in [0.3, 0.4) is 0 Å². The third kappa shape index (κ3) is 3.96. The van der Waals surface area contributed by atoms with Crippen LogP contribution in [0.2, 0.25) is 0 Å². The van der Waals surface area contributed by atoms with Gasteiger partial charge in [0.25, 0.3) is 5.91 Å². The molecule has 148 valence electrons. The molecule has 2 heterocycles. The number of aromatic nitrogens is 2. The number of rotatable bonds is 5. The highest BCUT2D eigenvalue weighted by molar-refractivity contribution is 5.92. The molecule has 1 aromatic carbocycles. The molecule has 1 amide bonds. The van der Waals surface area contributed by atoms with Gasteiger partial charge < -0.3 is 10.0 Å². The molecular weight excluding hydrogens is 354 g/mol. The van der Waals surface area contributed by atoms with E-state index in [0.29, 0.717) is 36.3 Å². The lowest BCUT2D eigenvalue weighted by atomic mass is 9.88. The first kappa shape index (κ1) is 18.7. The van der Waals surface area contributed by atoms with Gasteiger partial charge in [-0.1, -0.05) is 31.0 Å². The van der Waals surface area contributed by atoms with Gasteiger partial charge in [0.2, 0.25) is 0 Å². The van der Waals surface area contributed by atoms with E-state index in [4.69, 9.17) is 0 Å². The summed E-state index contributed by atoms with van der Waals surface area (Å²) in [5, 5.41) is 13.9. The fraction of sp³-hybridized carbons (Fsp3) is 0.500. The number of carbonyl (C=O) groups is 2. The lowest BCUT2D eigenvalue weighted by Crippen LogP contribution is -2.39. The first-order valence-corrected chi connectivity index (χ1v) is 10.3. The maximum Gasteiger partial charge on any atom is 0.335 e. The molecule has 0 unspecified atom stereocenters. The standard InChI is InChI=1S/C22H27N3O3/c26-21(20-11-14-25(23-20)18-6-2-3-7-18)24-12-9-16(10-13-24)15-17-5-1-4-8-19(17)22(27)28/h1,4-5,8,11,14,16,18H,2-3,6-7,9-10,12-13,15H2,(H,27,28). The summed E-state index contributed by atoms with van der Waals surface area (Å²) in [7, 11) is 0. The van der Waals surface area contributed by atoms with Crippen LogP contribution in [0, 0.1) is 5.92 Å². The van der Waals surface area contributed by atoms with Gasteiger partial charge in [-0.2, -0.15) is 5.10 Å². The molecule has 0 bridgehead atoms. The normalized spacial score (nSPS) is 18.5. The van der Waals surface area contributed by atoms with Crippen molar-refractivity contribution in [3.8, 4) is 0 Å². The number of benzene rings is 1. The number of carboxylic acid groups (broad SMARTS) is 1. The van der Waals surface area contributed by atoms with Crippen LogP contribution in [0.25, 0.3) is 0 Å². The van der Waals surface area contributed by atoms with E-state index in [1.54, 1.807) is 12.1 Å². The molecule has 1 aliphatic carbocycles. The minimum absolute atomic E-state index is 0.0149. The fourth-order valence-corrected chi connectivity index (χ4v) is 4.54. The van der Waals surface area contributed by atoms with Crippen LogP contribution in [-0.2, 0) is 6.42 Å². The smallest absolute Gasteiger partial charge is 0.335 e. The molecule has 28 heavy (non-hydrogen) atoms. The molecule has 0 spiro atoms. The number of hydrogen-bond donors (Lipinski definition) is 1. The molecule has 1 aliphatic heterocycles. The summed E-state index contributed by atoms with van der Waals surface area (Å²) < 4.78 is 1.97. The van der Waals surface area contributed by atoms with Crippen LogP contribution in [-0.4, -0.2) is 44.8 Å². The highest BCUT2D eigenvalue weighted by Crippen LogP contribution is 2.29. The third-order valence-electron chi connectivity index (χ3n) is 6.18. The van der Waals surface area contributed by atoms with E-state index in [0.717, 1.165) is 37.7 Å². The molecule has 6 heteroatoms. The molecule has 2 fully saturated rings. The number of hydrogen-bond acceptors (Lipinski definition) is 3. The number of nitrogens with zero attached hydrogens (tertiary/aromatic N) is 3. The topological polar surface area (TPSA) is 75.4 Å². The minimum Gasteiger partial charge on any atom is -0.478 e. The van der Waals surface area contributed by atoms with Crippen molar-refractivity contribution in [2.24, 2.45) is 5.92 Å². The maximum absolute atomic E-state index is 12.8. The van der Waals surface area contributed by atoms with E-state index in [2.05, 4.69) is 5.10 Å². The number of amides is 1. The lowest BCUT2D eigenvalue weighted by Gasteiger charge is -2.31. The Kier molecular flexibility index (Phi) is 5.46. The highest BCUT2D eigenvalue weighted by atomic mass is 16.4. The van der Waals surface area contributed by atoms with Crippen LogP contribution in [0.1, 0.15) is 71.0 Å². The van der Waals surface area contributed by atoms with Crippen LogP contribution < -0.4 is 0 Å². The van der Waals surface area contributed by atoms with Gasteiger partial charge >= 0.3 is 5.97 Å². The summed E-state index contributed by atoms with van der Waals surface area (Å²) in [6, 6.07) is 9.50. The second-order valence-electron chi connectivity index (χ2n) is 8.02. The Bertz CT molecular complexity index is 846. The summed E-state index contributed by atoms with van der Waals surface area (Å²) in [6.07, 6.45) is 9.27. The maximum atomic E-state index is 12.8. The molecule has 1 aromatic heterocycles. The Labute approximate surface area is 165 Å². The van der Waals surface area contributed by atoms with E-state index in [1.165, 1.54) is 12.8 Å². The summed E-state index contributed by atoms with van der Waals surface area (Å²) in [6.45, 7) is 1.41. The molecule has 0 atom stereocenters. The molecule has 2 aliphatic rings. The van der Waals surface area contributed by atoms with Crippen molar-refractivity contribution in [3.63, 3.8) is 0 Å². The van der Waals surface area contributed by atoms with Gasteiger partial charge in [-0.05, 0) is 55.7 Å². The minimum atomic E-state index is -0.874. The lowest BCUT2D eigenvalue weighted by molar-refractivity contribution is 0.0683. The van der Waals surface area contributed by atoms with Gasteiger partial charge in [0, 0.05) is 19.3 Å². The van der Waals surface area contributed by atoms with Gasteiger partial charge in [-0.25, -0.2) is 4.79 Å². The SMILES string of the molecule is O=C(O)c1ccccc1CC1CCN(C(=O)c2ccn(C3CCCC3)n2)CC1. The van der Waals surface area contributed by atoms with Crippen molar-refractivity contribution < 1.29 is 14.7 Å². The monoisotopic (exact) mass is 381 g/mol. The second kappa shape index (κ2) is 8.17. The Balaban J connectivity index is 1.34. The Hall–Kier alpha value is -2.63. The Morgan fingerprint density at radius 1 is 1.04 bits per heavy atom. The van der Waals surface area contributed by atoms with Crippen molar-refractivity contribution in [2.45, 2.75) is 51.0 Å². The molecule has 4 rings (SSSR count). The number of carboxylic acids is 1. The highest BCUT2D eigenvalue weighted by Gasteiger charge is 2.27. The molecule has 6 nitrogen and oxygen atoms in total. The zero-order valence-corrected chi connectivity index (χ0v) is 16.1. The first-order valence-electron chi connectivity index (χ1n) is 10.3. The number of aromatic carboxylic acids is 1. The molecule has 1 saturated carbocycles. The number of piperidine rings is 1. The zero-order chi connectivity index (χ0) is 19.5. The van der Waals surface area contributed by atoms with Crippen molar-refractivity contribution in [2.75, 3.05) is 13.1 Å². The number of likely N-dealkylation sites (tertiary alicyclic amines) is 1. The average Bonchev–Trinajstić information content (AvgIpc) is 3.40. The van der Waals surface area contributed by atoms with Gasteiger partial charge in [0.1, 0.15) is 5.69 Å². The third-order valence-corrected chi connectivity index (χ3v) is 6.18. The van der Waals surface area contributed by atoms with Gasteiger partial charge in [-0.15, -0.1) is 0 Å². The number of carbonyl (C=O) groups excluding carboxylic acids is 1. The molecular formula is C22H27N3O3. The van der Waals surface area contributed by atoms with Gasteiger partial charge in [-0.3, -0.25) is 9.48 Å². The van der Waals surface area contributed by atoms with Crippen LogP contribution >= 0.6 is 0 Å². The van der Waals surface area contributed by atoms with E-state index in [1.807, 2.05) is 34.0 Å². The van der Waals surface area contributed by atoms with E-state index < -0.39 is 5.97 Å². The first-order chi connectivity index (χ1) is 13.6. The van der Waals surface area contributed by atoms with E-state index >= 15 is 0 Å². The van der Waals surface area contributed by atoms with Gasteiger partial charge in [0.05, 0.1) is 11.6 Å². The quantitative estimate of drug-likeness (QED) is 0.855. The van der Waals surface area contributed by atoms with E-state index in [9.17, 15) is 14.7 Å². The van der Waals surface area contributed by atoms with Crippen LogP contribution in [0.15, 0.2) is 36.5 Å². The van der Waals surface area contributed by atoms with Crippen molar-refractivity contribution in [1.29, 1.82) is 0 Å². The van der Waals surface area contributed by atoms with Crippen LogP contribution in [0.5, 0.6) is 0 Å². The molecule has 1 N–H and O–H groups in total. The summed E-state index contributed by atoms with van der Waals surface area (Å²) in [4.78, 5) is 26.1.